The minimum absolute atomic E-state index is 0.146. The Morgan fingerprint density at radius 2 is 1.96 bits per heavy atom. The largest absolute Gasteiger partial charge is 0.480 e. The fourth-order valence-corrected chi connectivity index (χ4v) is 3.54. The van der Waals surface area contributed by atoms with Crippen molar-refractivity contribution < 1.29 is 14.7 Å². The van der Waals surface area contributed by atoms with Crippen LogP contribution in [-0.2, 0) is 9.59 Å². The molecule has 1 unspecified atom stereocenters. The number of nitrogens with zero attached hydrogens (tertiary/aromatic N) is 1. The summed E-state index contributed by atoms with van der Waals surface area (Å²) in [5.41, 5.74) is 0. The lowest BCUT2D eigenvalue weighted by atomic mass is 9.83. The molecule has 7 nitrogen and oxygen atoms in total. The first kappa shape index (κ1) is 19.5. The summed E-state index contributed by atoms with van der Waals surface area (Å²) in [5, 5.41) is 18.4. The summed E-state index contributed by atoms with van der Waals surface area (Å²) in [6.07, 6.45) is 3.10. The number of carboxylic acid groups (broad SMARTS) is 1. The Kier molecular flexibility index (Phi) is 7.61. The molecule has 1 amide bonds. The molecule has 1 saturated heterocycles. The third kappa shape index (κ3) is 5.27. The van der Waals surface area contributed by atoms with Crippen molar-refractivity contribution in [3.8, 4) is 0 Å². The van der Waals surface area contributed by atoms with Gasteiger partial charge in [0.2, 0.25) is 5.91 Å². The van der Waals surface area contributed by atoms with Gasteiger partial charge >= 0.3 is 5.97 Å². The second-order valence-electron chi connectivity index (χ2n) is 6.55. The van der Waals surface area contributed by atoms with Gasteiger partial charge in [0.25, 0.3) is 0 Å². The molecule has 1 heterocycles. The van der Waals surface area contributed by atoms with E-state index in [-0.39, 0.29) is 23.9 Å². The van der Waals surface area contributed by atoms with Gasteiger partial charge < -0.3 is 10.4 Å². The van der Waals surface area contributed by atoms with Crippen LogP contribution < -0.4 is 10.6 Å². The number of nitrogens with one attached hydrogen (secondary N) is 2. The van der Waals surface area contributed by atoms with Gasteiger partial charge in [-0.05, 0) is 25.7 Å². The van der Waals surface area contributed by atoms with Gasteiger partial charge in [-0.1, -0.05) is 31.9 Å². The van der Waals surface area contributed by atoms with Crippen molar-refractivity contribution >= 4 is 11.9 Å². The topological polar surface area (TPSA) is 108 Å². The number of carbonyl (C=O) groups excluding carboxylic acids is 1. The Bertz CT molecular complexity index is 426. The zero-order chi connectivity index (χ0) is 17.6. The summed E-state index contributed by atoms with van der Waals surface area (Å²) in [6.45, 7) is 7.38. The molecule has 0 bridgehead atoms. The summed E-state index contributed by atoms with van der Waals surface area (Å²) in [6, 6.07) is -1.65. The molecule has 1 rings (SSSR count). The maximum absolute atomic E-state index is 11.6. The van der Waals surface area contributed by atoms with Gasteiger partial charge in [0.1, 0.15) is 6.04 Å². The highest BCUT2D eigenvalue weighted by atomic mass is 16.4. The molecule has 0 aromatic heterocycles. The van der Waals surface area contributed by atoms with Crippen LogP contribution in [0.2, 0.25) is 0 Å². The van der Waals surface area contributed by atoms with Gasteiger partial charge in [0.15, 0.2) is 0 Å². The average Bonchev–Trinajstić information content (AvgIpc) is 2.95. The number of nitroso groups, excluding NO2 is 1. The second kappa shape index (κ2) is 8.96. The zero-order valence-corrected chi connectivity index (χ0v) is 14.4. The molecule has 0 radical (unpaired) electrons. The van der Waals surface area contributed by atoms with E-state index >= 15 is 0 Å². The molecule has 7 heteroatoms. The molecule has 0 aromatic rings. The van der Waals surface area contributed by atoms with E-state index in [4.69, 9.17) is 0 Å². The van der Waals surface area contributed by atoms with Crippen LogP contribution in [0.15, 0.2) is 5.18 Å². The van der Waals surface area contributed by atoms with Gasteiger partial charge in [-0.3, -0.25) is 14.9 Å². The van der Waals surface area contributed by atoms with E-state index in [2.05, 4.69) is 29.7 Å². The monoisotopic (exact) mass is 327 g/mol. The predicted octanol–water partition coefficient (Wildman–Crippen LogP) is 1.90. The van der Waals surface area contributed by atoms with Crippen LogP contribution in [-0.4, -0.2) is 41.2 Å². The number of aliphatic carboxylic acids is 1. The number of hydrogen-bond acceptors (Lipinski definition) is 5. The van der Waals surface area contributed by atoms with Crippen molar-refractivity contribution in [1.82, 2.24) is 10.6 Å². The molecule has 1 aliphatic rings. The van der Waals surface area contributed by atoms with Gasteiger partial charge in [0, 0.05) is 24.9 Å². The van der Waals surface area contributed by atoms with Crippen molar-refractivity contribution in [3.63, 3.8) is 0 Å². The SMILES string of the molecule is CCC(CC)C[C@H](NC(C)=O)[C@@H]1N[C@@H](C(=O)O)C[C@H]1C(C)N=O. The number of carboxylic acids is 1. The van der Waals surface area contributed by atoms with E-state index in [1.165, 1.54) is 6.92 Å². The molecular weight excluding hydrogens is 298 g/mol. The van der Waals surface area contributed by atoms with E-state index in [0.29, 0.717) is 12.3 Å². The highest BCUT2D eigenvalue weighted by Crippen LogP contribution is 2.31. The minimum atomic E-state index is -0.931. The maximum Gasteiger partial charge on any atom is 0.320 e. The van der Waals surface area contributed by atoms with E-state index in [9.17, 15) is 19.6 Å². The van der Waals surface area contributed by atoms with Gasteiger partial charge in [0.05, 0.1) is 6.04 Å². The molecule has 1 aliphatic heterocycles. The van der Waals surface area contributed by atoms with E-state index in [0.717, 1.165) is 19.3 Å². The third-order valence-electron chi connectivity index (χ3n) is 5.01. The van der Waals surface area contributed by atoms with Crippen LogP contribution >= 0.6 is 0 Å². The lowest BCUT2D eigenvalue weighted by Crippen LogP contribution is -2.53. The zero-order valence-electron chi connectivity index (χ0n) is 14.4. The maximum atomic E-state index is 11.6. The molecule has 132 valence electrons. The molecule has 1 fully saturated rings. The summed E-state index contributed by atoms with van der Waals surface area (Å²) in [4.78, 5) is 33.9. The fourth-order valence-electron chi connectivity index (χ4n) is 3.54. The van der Waals surface area contributed by atoms with Crippen LogP contribution in [0.4, 0.5) is 0 Å². The number of carbonyl (C=O) groups is 2. The fraction of sp³-hybridized carbons (Fsp3) is 0.875. The summed E-state index contributed by atoms with van der Waals surface area (Å²) in [5.74, 6) is -0.829. The highest BCUT2D eigenvalue weighted by Gasteiger charge is 2.44. The molecule has 0 spiro atoms. The molecule has 0 saturated carbocycles. The van der Waals surface area contributed by atoms with Crippen LogP contribution in [0.1, 0.15) is 53.4 Å². The normalized spacial score (nSPS) is 26.7. The van der Waals surface area contributed by atoms with Gasteiger partial charge in [-0.25, -0.2) is 0 Å². The number of hydrogen-bond donors (Lipinski definition) is 3. The van der Waals surface area contributed by atoms with Crippen molar-refractivity contribution in [2.45, 2.75) is 77.5 Å². The Hall–Kier alpha value is -1.50. The van der Waals surface area contributed by atoms with Crippen molar-refractivity contribution in [1.29, 1.82) is 0 Å². The Morgan fingerprint density at radius 3 is 2.39 bits per heavy atom. The molecule has 23 heavy (non-hydrogen) atoms. The summed E-state index contributed by atoms with van der Waals surface area (Å²) >= 11 is 0. The second-order valence-corrected chi connectivity index (χ2v) is 6.55. The molecular formula is C16H29N3O4. The lowest BCUT2D eigenvalue weighted by Gasteiger charge is -2.32. The van der Waals surface area contributed by atoms with Crippen LogP contribution in [0.3, 0.4) is 0 Å². The average molecular weight is 327 g/mol. The Balaban J connectivity index is 3.00. The number of amides is 1. The van der Waals surface area contributed by atoms with Crippen molar-refractivity contribution in [3.05, 3.63) is 4.91 Å². The van der Waals surface area contributed by atoms with Crippen LogP contribution in [0, 0.1) is 16.7 Å². The first-order chi connectivity index (χ1) is 10.8. The third-order valence-corrected chi connectivity index (χ3v) is 5.01. The Labute approximate surface area is 137 Å². The summed E-state index contributed by atoms with van der Waals surface area (Å²) < 4.78 is 0. The smallest absolute Gasteiger partial charge is 0.320 e. The summed E-state index contributed by atoms with van der Waals surface area (Å²) in [7, 11) is 0. The van der Waals surface area contributed by atoms with Gasteiger partial charge in [-0.15, -0.1) is 0 Å². The van der Waals surface area contributed by atoms with Crippen LogP contribution in [0.5, 0.6) is 0 Å². The standard InChI is InChI=1S/C16H29N3O4/c1-5-11(6-2)7-13(17-10(4)20)15-12(9(3)19-23)8-14(18-15)16(21)22/h9,11-15,18H,5-8H2,1-4H3,(H,17,20)(H,21,22)/t9?,12-,13-,14+,15+/m0/s1. The van der Waals surface area contributed by atoms with E-state index in [1.54, 1.807) is 6.92 Å². The molecule has 5 atom stereocenters. The molecule has 3 N–H and O–H groups in total. The Morgan fingerprint density at radius 1 is 1.35 bits per heavy atom. The van der Waals surface area contributed by atoms with Gasteiger partial charge in [-0.2, -0.15) is 4.91 Å². The first-order valence-corrected chi connectivity index (χ1v) is 8.42. The van der Waals surface area contributed by atoms with E-state index in [1.807, 2.05) is 0 Å². The lowest BCUT2D eigenvalue weighted by molar-refractivity contribution is -0.139. The molecule has 0 aromatic carbocycles. The highest BCUT2D eigenvalue weighted by molar-refractivity contribution is 5.75. The number of rotatable bonds is 9. The first-order valence-electron chi connectivity index (χ1n) is 8.42. The van der Waals surface area contributed by atoms with Crippen LogP contribution in [0.25, 0.3) is 0 Å². The van der Waals surface area contributed by atoms with Crippen molar-refractivity contribution in [2.24, 2.45) is 17.0 Å². The van der Waals surface area contributed by atoms with Crippen molar-refractivity contribution in [2.75, 3.05) is 0 Å². The predicted molar refractivity (Wildman–Crippen MR) is 88.0 cm³/mol. The van der Waals surface area contributed by atoms with E-state index < -0.39 is 18.1 Å². The molecule has 0 aliphatic carbocycles. The minimum Gasteiger partial charge on any atom is -0.480 e. The quantitative estimate of drug-likeness (QED) is 0.561.